The number of anilines is 2. The highest BCUT2D eigenvalue weighted by Gasteiger charge is 2.25. The largest absolute Gasteiger partial charge is 0.495 e. The summed E-state index contributed by atoms with van der Waals surface area (Å²) < 4.78 is 15.8. The first-order valence-electron chi connectivity index (χ1n) is 9.90. The summed E-state index contributed by atoms with van der Waals surface area (Å²) in [5, 5.41) is 10.1. The number of hydrogen-bond acceptors (Lipinski definition) is 6. The maximum absolute atomic E-state index is 13.1. The molecule has 0 atom stereocenters. The van der Waals surface area contributed by atoms with Crippen LogP contribution in [0.2, 0.25) is 10.0 Å². The van der Waals surface area contributed by atoms with Gasteiger partial charge in [-0.15, -0.1) is 0 Å². The fourth-order valence-corrected chi connectivity index (χ4v) is 3.60. The van der Waals surface area contributed by atoms with E-state index in [2.05, 4.69) is 15.8 Å². The van der Waals surface area contributed by atoms with Crippen LogP contribution in [0, 0.1) is 6.92 Å². The molecule has 10 heteroatoms. The smallest absolute Gasteiger partial charge is 0.412 e. The second-order valence-corrected chi connectivity index (χ2v) is 8.87. The lowest BCUT2D eigenvalue weighted by molar-refractivity contribution is 0.0635. The van der Waals surface area contributed by atoms with Crippen molar-refractivity contribution in [3.63, 3.8) is 0 Å². The van der Waals surface area contributed by atoms with E-state index < -0.39 is 17.6 Å². The zero-order valence-electron chi connectivity index (χ0n) is 18.7. The van der Waals surface area contributed by atoms with Gasteiger partial charge in [0, 0.05) is 11.3 Å². The van der Waals surface area contributed by atoms with Crippen LogP contribution in [-0.4, -0.2) is 29.9 Å². The van der Waals surface area contributed by atoms with Crippen LogP contribution in [0.25, 0.3) is 11.3 Å². The van der Waals surface area contributed by atoms with Crippen LogP contribution in [-0.2, 0) is 4.74 Å². The number of nitrogens with zero attached hydrogens (tertiary/aromatic N) is 1. The molecule has 1 aromatic heterocycles. The number of nitrogens with one attached hydrogen (secondary N) is 2. The summed E-state index contributed by atoms with van der Waals surface area (Å²) in [6.07, 6.45) is -0.658. The van der Waals surface area contributed by atoms with Crippen molar-refractivity contribution in [2.75, 3.05) is 17.7 Å². The van der Waals surface area contributed by atoms with Crippen molar-refractivity contribution in [1.82, 2.24) is 5.16 Å². The summed E-state index contributed by atoms with van der Waals surface area (Å²) in [5.41, 5.74) is 0.837. The highest BCUT2D eigenvalue weighted by molar-refractivity contribution is 6.39. The number of aromatic nitrogens is 1. The lowest BCUT2D eigenvalue weighted by Gasteiger charge is -2.20. The molecule has 0 saturated heterocycles. The van der Waals surface area contributed by atoms with Gasteiger partial charge in [-0.3, -0.25) is 10.1 Å². The molecule has 1 heterocycles. The lowest BCUT2D eigenvalue weighted by atomic mass is 10.1. The van der Waals surface area contributed by atoms with Gasteiger partial charge in [-0.2, -0.15) is 0 Å². The molecule has 0 radical (unpaired) electrons. The van der Waals surface area contributed by atoms with E-state index in [0.29, 0.717) is 38.5 Å². The number of ether oxygens (including phenoxy) is 2. The Balaban J connectivity index is 1.90. The van der Waals surface area contributed by atoms with Gasteiger partial charge < -0.3 is 19.3 Å². The van der Waals surface area contributed by atoms with Crippen molar-refractivity contribution < 1.29 is 23.6 Å². The summed E-state index contributed by atoms with van der Waals surface area (Å²) in [6, 6.07) is 9.76. The monoisotopic (exact) mass is 491 g/mol. The van der Waals surface area contributed by atoms with Crippen molar-refractivity contribution in [2.24, 2.45) is 0 Å². The van der Waals surface area contributed by atoms with Crippen LogP contribution in [0.3, 0.4) is 0 Å². The minimum absolute atomic E-state index is 0.183. The molecule has 0 aliphatic heterocycles. The van der Waals surface area contributed by atoms with Gasteiger partial charge in [0.05, 0.1) is 22.8 Å². The summed E-state index contributed by atoms with van der Waals surface area (Å²) in [7, 11) is 1.47. The standard InChI is InChI=1S/C23H23Cl2N3O5/c1-12-18(20(28-33-12)19-14(24)7-6-8-15(19)25)21(29)26-13-9-10-17(31-5)16(11-13)27-22(30)32-23(2,3)4/h6-11H,1-5H3,(H,26,29)(H,27,30). The first-order valence-corrected chi connectivity index (χ1v) is 10.7. The third kappa shape index (κ3) is 5.77. The Kier molecular flexibility index (Phi) is 7.19. The molecule has 33 heavy (non-hydrogen) atoms. The van der Waals surface area contributed by atoms with Gasteiger partial charge in [-0.05, 0) is 58.0 Å². The maximum Gasteiger partial charge on any atom is 0.412 e. The molecule has 0 aliphatic rings. The molecule has 2 amide bonds. The fraction of sp³-hybridized carbons (Fsp3) is 0.261. The first-order chi connectivity index (χ1) is 15.5. The molecule has 174 valence electrons. The summed E-state index contributed by atoms with van der Waals surface area (Å²) in [6.45, 7) is 6.87. The van der Waals surface area contributed by atoms with Gasteiger partial charge in [-0.1, -0.05) is 34.4 Å². The van der Waals surface area contributed by atoms with Gasteiger partial charge in [0.2, 0.25) is 0 Å². The van der Waals surface area contributed by atoms with Crippen molar-refractivity contribution in [3.8, 4) is 17.0 Å². The van der Waals surface area contributed by atoms with E-state index in [1.54, 1.807) is 64.1 Å². The Labute approximate surface area is 201 Å². The Bertz CT molecular complexity index is 1180. The van der Waals surface area contributed by atoms with E-state index in [0.717, 1.165) is 0 Å². The molecule has 0 unspecified atom stereocenters. The molecule has 0 spiro atoms. The number of carbonyl (C=O) groups is 2. The fourth-order valence-electron chi connectivity index (χ4n) is 3.02. The molecule has 0 fully saturated rings. The lowest BCUT2D eigenvalue weighted by Crippen LogP contribution is -2.27. The van der Waals surface area contributed by atoms with E-state index >= 15 is 0 Å². The SMILES string of the molecule is COc1ccc(NC(=O)c2c(-c3c(Cl)cccc3Cl)noc2C)cc1NC(=O)OC(C)(C)C. The van der Waals surface area contributed by atoms with Crippen molar-refractivity contribution in [3.05, 3.63) is 57.8 Å². The Hall–Kier alpha value is -3.23. The van der Waals surface area contributed by atoms with Gasteiger partial charge in [0.15, 0.2) is 0 Å². The Morgan fingerprint density at radius 3 is 2.33 bits per heavy atom. The van der Waals surface area contributed by atoms with E-state index in [-0.39, 0.29) is 11.3 Å². The Morgan fingerprint density at radius 1 is 1.06 bits per heavy atom. The third-order valence-corrected chi connectivity index (χ3v) is 5.01. The van der Waals surface area contributed by atoms with E-state index in [9.17, 15) is 9.59 Å². The van der Waals surface area contributed by atoms with Gasteiger partial charge in [-0.25, -0.2) is 4.79 Å². The minimum Gasteiger partial charge on any atom is -0.495 e. The summed E-state index contributed by atoms with van der Waals surface area (Å²) >= 11 is 12.6. The second kappa shape index (κ2) is 9.72. The highest BCUT2D eigenvalue weighted by Crippen LogP contribution is 2.37. The van der Waals surface area contributed by atoms with E-state index in [1.165, 1.54) is 7.11 Å². The quantitative estimate of drug-likeness (QED) is 0.418. The highest BCUT2D eigenvalue weighted by atomic mass is 35.5. The number of aryl methyl sites for hydroxylation is 1. The van der Waals surface area contributed by atoms with Crippen LogP contribution in [0.4, 0.5) is 16.2 Å². The molecule has 3 aromatic rings. The topological polar surface area (TPSA) is 103 Å². The second-order valence-electron chi connectivity index (χ2n) is 8.06. The minimum atomic E-state index is -0.675. The molecular formula is C23H23Cl2N3O5. The zero-order valence-corrected chi connectivity index (χ0v) is 20.2. The molecule has 0 saturated carbocycles. The van der Waals surface area contributed by atoms with Crippen molar-refractivity contribution in [2.45, 2.75) is 33.3 Å². The number of benzene rings is 2. The number of amides is 2. The van der Waals surface area contributed by atoms with Crippen LogP contribution in [0.1, 0.15) is 36.9 Å². The maximum atomic E-state index is 13.1. The molecule has 3 rings (SSSR count). The molecule has 0 bridgehead atoms. The molecular weight excluding hydrogens is 469 g/mol. The summed E-state index contributed by atoms with van der Waals surface area (Å²) in [4.78, 5) is 25.4. The average Bonchev–Trinajstić information content (AvgIpc) is 3.07. The summed E-state index contributed by atoms with van der Waals surface area (Å²) in [5.74, 6) is 0.191. The molecule has 0 aliphatic carbocycles. The molecule has 8 nitrogen and oxygen atoms in total. The van der Waals surface area contributed by atoms with Crippen molar-refractivity contribution >= 4 is 46.6 Å². The van der Waals surface area contributed by atoms with E-state index in [4.69, 9.17) is 37.2 Å². The zero-order chi connectivity index (χ0) is 24.3. The average molecular weight is 492 g/mol. The van der Waals surface area contributed by atoms with Crippen molar-refractivity contribution in [1.29, 1.82) is 0 Å². The number of methoxy groups -OCH3 is 1. The number of halogens is 2. The Morgan fingerprint density at radius 2 is 1.73 bits per heavy atom. The molecule has 2 N–H and O–H groups in total. The number of rotatable bonds is 5. The van der Waals surface area contributed by atoms with Gasteiger partial charge in [0.25, 0.3) is 5.91 Å². The van der Waals surface area contributed by atoms with Gasteiger partial charge in [0.1, 0.15) is 28.4 Å². The predicted octanol–water partition coefficient (Wildman–Crippen LogP) is 6.56. The third-order valence-electron chi connectivity index (χ3n) is 4.38. The predicted molar refractivity (Wildman–Crippen MR) is 127 cm³/mol. The van der Waals surface area contributed by atoms with Crippen LogP contribution >= 0.6 is 23.2 Å². The van der Waals surface area contributed by atoms with E-state index in [1.807, 2.05) is 0 Å². The number of hydrogen-bond donors (Lipinski definition) is 2. The first kappa shape index (κ1) is 24.4. The molecule has 2 aromatic carbocycles. The van der Waals surface area contributed by atoms with Crippen LogP contribution in [0.5, 0.6) is 5.75 Å². The normalized spacial score (nSPS) is 11.1. The number of carbonyl (C=O) groups excluding carboxylic acids is 2. The van der Waals surface area contributed by atoms with Crippen LogP contribution in [0.15, 0.2) is 40.9 Å². The van der Waals surface area contributed by atoms with Gasteiger partial charge >= 0.3 is 6.09 Å². The van der Waals surface area contributed by atoms with Crippen LogP contribution < -0.4 is 15.4 Å².